The van der Waals surface area contributed by atoms with E-state index in [0.717, 1.165) is 17.8 Å². The standard InChI is InChI=1S/C19H24N4O2/c1-19(2,3)25-18(24)23-12-10-15(13-23)21-16-9-11-20-17(22-16)14-7-5-4-6-8-14/h4-9,11,15H,10,12-13H2,1-3H3,(H,20,21,22). The Morgan fingerprint density at radius 1 is 1.24 bits per heavy atom. The van der Waals surface area contributed by atoms with Crippen LogP contribution in [-0.2, 0) is 4.74 Å². The van der Waals surface area contributed by atoms with Gasteiger partial charge in [-0.15, -0.1) is 0 Å². The maximum atomic E-state index is 12.1. The first kappa shape index (κ1) is 17.2. The normalized spacial score (nSPS) is 17.4. The molecular weight excluding hydrogens is 316 g/mol. The number of rotatable bonds is 3. The number of ether oxygens (including phenoxy) is 1. The van der Waals surface area contributed by atoms with Gasteiger partial charge in [-0.25, -0.2) is 14.8 Å². The molecule has 0 aliphatic carbocycles. The Labute approximate surface area is 148 Å². The van der Waals surface area contributed by atoms with Crippen LogP contribution < -0.4 is 5.32 Å². The summed E-state index contributed by atoms with van der Waals surface area (Å²) in [6.45, 7) is 6.93. The quantitative estimate of drug-likeness (QED) is 0.925. The topological polar surface area (TPSA) is 67.3 Å². The highest BCUT2D eigenvalue weighted by atomic mass is 16.6. The molecule has 25 heavy (non-hydrogen) atoms. The van der Waals surface area contributed by atoms with Crippen molar-refractivity contribution in [3.05, 3.63) is 42.6 Å². The largest absolute Gasteiger partial charge is 0.444 e. The first-order chi connectivity index (χ1) is 11.9. The highest BCUT2D eigenvalue weighted by Gasteiger charge is 2.29. The Hall–Kier alpha value is -2.63. The van der Waals surface area contributed by atoms with E-state index in [1.165, 1.54) is 0 Å². The number of aromatic nitrogens is 2. The van der Waals surface area contributed by atoms with Gasteiger partial charge in [-0.2, -0.15) is 0 Å². The van der Waals surface area contributed by atoms with Gasteiger partial charge in [0.1, 0.15) is 11.4 Å². The summed E-state index contributed by atoms with van der Waals surface area (Å²) in [5.41, 5.74) is 0.507. The number of anilines is 1. The Morgan fingerprint density at radius 3 is 2.72 bits per heavy atom. The minimum atomic E-state index is -0.472. The summed E-state index contributed by atoms with van der Waals surface area (Å²) in [5.74, 6) is 1.46. The van der Waals surface area contributed by atoms with E-state index >= 15 is 0 Å². The highest BCUT2D eigenvalue weighted by Crippen LogP contribution is 2.20. The summed E-state index contributed by atoms with van der Waals surface area (Å²) in [7, 11) is 0. The van der Waals surface area contributed by atoms with Crippen LogP contribution in [0.25, 0.3) is 11.4 Å². The van der Waals surface area contributed by atoms with E-state index in [2.05, 4.69) is 15.3 Å². The summed E-state index contributed by atoms with van der Waals surface area (Å²) in [6, 6.07) is 11.9. The third kappa shape index (κ3) is 4.68. The molecule has 132 valence electrons. The van der Waals surface area contributed by atoms with Gasteiger partial charge in [0.05, 0.1) is 0 Å². The summed E-state index contributed by atoms with van der Waals surface area (Å²) in [4.78, 5) is 22.8. The molecule has 6 heteroatoms. The van der Waals surface area contributed by atoms with Crippen molar-refractivity contribution in [2.24, 2.45) is 0 Å². The van der Waals surface area contributed by atoms with Crippen molar-refractivity contribution in [1.82, 2.24) is 14.9 Å². The summed E-state index contributed by atoms with van der Waals surface area (Å²) in [5, 5.41) is 3.40. The zero-order chi connectivity index (χ0) is 17.9. The van der Waals surface area contributed by atoms with E-state index < -0.39 is 5.60 Å². The van der Waals surface area contributed by atoms with Crippen molar-refractivity contribution in [1.29, 1.82) is 0 Å². The van der Waals surface area contributed by atoms with Crippen molar-refractivity contribution >= 4 is 11.9 Å². The molecule has 1 fully saturated rings. The van der Waals surface area contributed by atoms with E-state index in [9.17, 15) is 4.79 Å². The van der Waals surface area contributed by atoms with Crippen LogP contribution in [0.3, 0.4) is 0 Å². The van der Waals surface area contributed by atoms with Gasteiger partial charge in [0, 0.05) is 30.9 Å². The van der Waals surface area contributed by atoms with Crippen LogP contribution in [-0.4, -0.2) is 45.7 Å². The number of hydrogen-bond donors (Lipinski definition) is 1. The number of nitrogens with zero attached hydrogens (tertiary/aromatic N) is 3. The first-order valence-electron chi connectivity index (χ1n) is 8.54. The molecule has 1 saturated heterocycles. The second-order valence-electron chi connectivity index (χ2n) is 7.19. The third-order valence-corrected chi connectivity index (χ3v) is 3.88. The van der Waals surface area contributed by atoms with Gasteiger partial charge in [0.2, 0.25) is 0 Å². The van der Waals surface area contributed by atoms with E-state index in [1.807, 2.05) is 57.2 Å². The maximum absolute atomic E-state index is 12.1. The Kier molecular flexibility index (Phi) is 4.88. The Balaban J connectivity index is 1.61. The molecule has 0 saturated carbocycles. The van der Waals surface area contributed by atoms with Gasteiger partial charge >= 0.3 is 6.09 Å². The molecule has 1 amide bonds. The van der Waals surface area contributed by atoms with Gasteiger partial charge in [0.15, 0.2) is 5.82 Å². The average molecular weight is 340 g/mol. The van der Waals surface area contributed by atoms with Crippen LogP contribution in [0.1, 0.15) is 27.2 Å². The van der Waals surface area contributed by atoms with E-state index in [0.29, 0.717) is 18.9 Å². The lowest BCUT2D eigenvalue weighted by Crippen LogP contribution is -2.36. The monoisotopic (exact) mass is 340 g/mol. The molecule has 2 heterocycles. The zero-order valence-corrected chi connectivity index (χ0v) is 14.9. The molecule has 1 atom stereocenters. The summed E-state index contributed by atoms with van der Waals surface area (Å²) < 4.78 is 5.43. The first-order valence-corrected chi connectivity index (χ1v) is 8.54. The van der Waals surface area contributed by atoms with E-state index in [1.54, 1.807) is 11.1 Å². The number of carbonyl (C=O) groups excluding carboxylic acids is 1. The molecule has 2 aromatic rings. The predicted octanol–water partition coefficient (Wildman–Crippen LogP) is 3.56. The summed E-state index contributed by atoms with van der Waals surface area (Å²) >= 11 is 0. The van der Waals surface area contributed by atoms with Gasteiger partial charge in [-0.1, -0.05) is 30.3 Å². The van der Waals surface area contributed by atoms with Gasteiger partial charge < -0.3 is 15.0 Å². The number of amides is 1. The minimum absolute atomic E-state index is 0.158. The predicted molar refractivity (Wildman–Crippen MR) is 97.3 cm³/mol. The zero-order valence-electron chi connectivity index (χ0n) is 14.9. The lowest BCUT2D eigenvalue weighted by atomic mass is 10.2. The number of benzene rings is 1. The smallest absolute Gasteiger partial charge is 0.410 e. The minimum Gasteiger partial charge on any atom is -0.444 e. The Bertz CT molecular complexity index is 728. The Morgan fingerprint density at radius 2 is 2.00 bits per heavy atom. The van der Waals surface area contributed by atoms with Crippen molar-refractivity contribution < 1.29 is 9.53 Å². The van der Waals surface area contributed by atoms with Gasteiger partial charge in [-0.3, -0.25) is 0 Å². The molecule has 1 aromatic heterocycles. The molecule has 0 radical (unpaired) electrons. The second-order valence-corrected chi connectivity index (χ2v) is 7.19. The SMILES string of the molecule is CC(C)(C)OC(=O)N1CCC(Nc2ccnc(-c3ccccc3)n2)C1. The van der Waals surface area contributed by atoms with Crippen LogP contribution in [0.15, 0.2) is 42.6 Å². The maximum Gasteiger partial charge on any atom is 0.410 e. The second kappa shape index (κ2) is 7.09. The fraction of sp³-hybridized carbons (Fsp3) is 0.421. The molecule has 3 rings (SSSR count). The number of hydrogen-bond acceptors (Lipinski definition) is 5. The van der Waals surface area contributed by atoms with Crippen LogP contribution in [0.2, 0.25) is 0 Å². The number of carbonyl (C=O) groups is 1. The molecule has 0 bridgehead atoms. The average Bonchev–Trinajstić information content (AvgIpc) is 3.03. The molecule has 1 aliphatic heterocycles. The van der Waals surface area contributed by atoms with E-state index in [4.69, 9.17) is 4.74 Å². The fourth-order valence-corrected chi connectivity index (χ4v) is 2.74. The molecular formula is C19H24N4O2. The molecule has 1 aliphatic rings. The molecule has 1 unspecified atom stereocenters. The van der Waals surface area contributed by atoms with Gasteiger partial charge in [0.25, 0.3) is 0 Å². The fourth-order valence-electron chi connectivity index (χ4n) is 2.74. The molecule has 1 aromatic carbocycles. The molecule has 1 N–H and O–H groups in total. The van der Waals surface area contributed by atoms with Crippen molar-refractivity contribution in [2.45, 2.75) is 38.8 Å². The van der Waals surface area contributed by atoms with Crippen LogP contribution >= 0.6 is 0 Å². The lowest BCUT2D eigenvalue weighted by Gasteiger charge is -2.24. The molecule has 0 spiro atoms. The lowest BCUT2D eigenvalue weighted by molar-refractivity contribution is 0.0293. The molecule has 6 nitrogen and oxygen atoms in total. The van der Waals surface area contributed by atoms with Crippen LogP contribution in [0, 0.1) is 0 Å². The van der Waals surface area contributed by atoms with Gasteiger partial charge in [-0.05, 0) is 33.3 Å². The van der Waals surface area contributed by atoms with Crippen molar-refractivity contribution in [3.63, 3.8) is 0 Å². The van der Waals surface area contributed by atoms with Crippen LogP contribution in [0.4, 0.5) is 10.6 Å². The van der Waals surface area contributed by atoms with Crippen molar-refractivity contribution in [2.75, 3.05) is 18.4 Å². The third-order valence-electron chi connectivity index (χ3n) is 3.88. The number of likely N-dealkylation sites (tertiary alicyclic amines) is 1. The van der Waals surface area contributed by atoms with Crippen LogP contribution in [0.5, 0.6) is 0 Å². The number of nitrogens with one attached hydrogen (secondary N) is 1. The summed E-state index contributed by atoms with van der Waals surface area (Å²) in [6.07, 6.45) is 2.35. The highest BCUT2D eigenvalue weighted by molar-refractivity contribution is 5.68. The van der Waals surface area contributed by atoms with Crippen molar-refractivity contribution in [3.8, 4) is 11.4 Å². The van der Waals surface area contributed by atoms with E-state index in [-0.39, 0.29) is 12.1 Å².